The Bertz CT molecular complexity index is 745. The molecule has 0 heterocycles. The van der Waals surface area contributed by atoms with Crippen LogP contribution in [0, 0.1) is 0 Å². The Morgan fingerprint density at radius 3 is 2.44 bits per heavy atom. The van der Waals surface area contributed by atoms with Gasteiger partial charge in [0.25, 0.3) is 0 Å². The Kier molecular flexibility index (Phi) is 6.03. The van der Waals surface area contributed by atoms with Gasteiger partial charge in [-0.25, -0.2) is 0 Å². The first-order valence-corrected chi connectivity index (χ1v) is 7.46. The lowest BCUT2D eigenvalue weighted by Crippen LogP contribution is -2.27. The third-order valence-electron chi connectivity index (χ3n) is 3.58. The Hall–Kier alpha value is -2.54. The molecule has 0 bridgehead atoms. The van der Waals surface area contributed by atoms with Crippen LogP contribution < -0.4 is 10.1 Å². The van der Waals surface area contributed by atoms with Gasteiger partial charge in [-0.05, 0) is 29.3 Å². The molecule has 0 spiro atoms. The second-order valence-corrected chi connectivity index (χ2v) is 5.28. The van der Waals surface area contributed by atoms with E-state index in [1.165, 1.54) is 20.3 Å². The van der Waals surface area contributed by atoms with Crippen molar-refractivity contribution in [3.8, 4) is 16.9 Å². The van der Waals surface area contributed by atoms with Crippen LogP contribution in [0.2, 0.25) is 0 Å². The molecule has 0 fully saturated rings. The van der Waals surface area contributed by atoms with E-state index in [1.807, 2.05) is 0 Å². The SMILES string of the molecule is COCC(=O)NCc1cc(C(F)(F)F)ccc1-c1ccccc1OC. The van der Waals surface area contributed by atoms with Crippen LogP contribution >= 0.6 is 0 Å². The Balaban J connectivity index is 2.45. The van der Waals surface area contributed by atoms with Crippen LogP contribution in [-0.4, -0.2) is 26.7 Å². The zero-order chi connectivity index (χ0) is 18.4. The minimum atomic E-state index is -4.47. The minimum absolute atomic E-state index is 0.0561. The molecule has 2 aromatic rings. The molecule has 0 aromatic heterocycles. The van der Waals surface area contributed by atoms with E-state index in [4.69, 9.17) is 9.47 Å². The fourth-order valence-electron chi connectivity index (χ4n) is 2.42. The van der Waals surface area contributed by atoms with Crippen molar-refractivity contribution in [2.45, 2.75) is 12.7 Å². The predicted octanol–water partition coefficient (Wildman–Crippen LogP) is 3.64. The van der Waals surface area contributed by atoms with Crippen LogP contribution in [0.5, 0.6) is 5.75 Å². The van der Waals surface area contributed by atoms with Crippen molar-refractivity contribution in [1.82, 2.24) is 5.32 Å². The topological polar surface area (TPSA) is 47.6 Å². The van der Waals surface area contributed by atoms with Crippen LogP contribution in [0.4, 0.5) is 13.2 Å². The summed E-state index contributed by atoms with van der Waals surface area (Å²) in [6.07, 6.45) is -4.47. The fraction of sp³-hybridized carbons (Fsp3) is 0.278. The van der Waals surface area contributed by atoms with Gasteiger partial charge in [0.15, 0.2) is 0 Å². The standard InChI is InChI=1S/C18H18F3NO3/c1-24-11-17(23)22-10-12-9-13(18(19,20)21)7-8-14(12)15-5-3-4-6-16(15)25-2/h3-9H,10-11H2,1-2H3,(H,22,23). The lowest BCUT2D eigenvalue weighted by molar-refractivity contribution is -0.137. The van der Waals surface area contributed by atoms with Crippen molar-refractivity contribution in [3.05, 3.63) is 53.6 Å². The molecule has 0 saturated carbocycles. The molecule has 0 saturated heterocycles. The summed E-state index contributed by atoms with van der Waals surface area (Å²) in [6.45, 7) is -0.220. The van der Waals surface area contributed by atoms with Gasteiger partial charge >= 0.3 is 6.18 Å². The number of hydrogen-bond acceptors (Lipinski definition) is 3. The fourth-order valence-corrected chi connectivity index (χ4v) is 2.42. The Morgan fingerprint density at radius 2 is 1.80 bits per heavy atom. The molecule has 4 nitrogen and oxygen atoms in total. The maximum Gasteiger partial charge on any atom is 0.416 e. The molecule has 0 aliphatic carbocycles. The van der Waals surface area contributed by atoms with E-state index < -0.39 is 17.6 Å². The number of para-hydroxylation sites is 1. The van der Waals surface area contributed by atoms with Gasteiger partial charge in [0.1, 0.15) is 12.4 Å². The minimum Gasteiger partial charge on any atom is -0.496 e. The molecular weight excluding hydrogens is 335 g/mol. The van der Waals surface area contributed by atoms with Gasteiger partial charge in [-0.3, -0.25) is 4.79 Å². The van der Waals surface area contributed by atoms with E-state index >= 15 is 0 Å². The Labute approximate surface area is 143 Å². The quantitative estimate of drug-likeness (QED) is 0.862. The number of carbonyl (C=O) groups excluding carboxylic acids is 1. The lowest BCUT2D eigenvalue weighted by Gasteiger charge is -2.16. The van der Waals surface area contributed by atoms with Crippen molar-refractivity contribution in [2.75, 3.05) is 20.8 Å². The molecule has 0 aliphatic heterocycles. The largest absolute Gasteiger partial charge is 0.496 e. The number of benzene rings is 2. The van der Waals surface area contributed by atoms with Gasteiger partial charge in [-0.2, -0.15) is 13.2 Å². The summed E-state index contributed by atoms with van der Waals surface area (Å²) in [5, 5.41) is 2.55. The van der Waals surface area contributed by atoms with E-state index in [9.17, 15) is 18.0 Å². The van der Waals surface area contributed by atoms with Crippen LogP contribution in [0.3, 0.4) is 0 Å². The van der Waals surface area contributed by atoms with E-state index in [0.29, 0.717) is 22.4 Å². The van der Waals surface area contributed by atoms with Crippen molar-refractivity contribution in [1.29, 1.82) is 0 Å². The predicted molar refractivity (Wildman–Crippen MR) is 87.2 cm³/mol. The molecule has 0 unspecified atom stereocenters. The number of nitrogens with one attached hydrogen (secondary N) is 1. The highest BCUT2D eigenvalue weighted by molar-refractivity contribution is 5.78. The zero-order valence-electron chi connectivity index (χ0n) is 13.8. The van der Waals surface area contributed by atoms with Crippen molar-refractivity contribution >= 4 is 5.91 Å². The van der Waals surface area contributed by atoms with Crippen molar-refractivity contribution in [2.24, 2.45) is 0 Å². The Morgan fingerprint density at radius 1 is 1.08 bits per heavy atom. The van der Waals surface area contributed by atoms with Crippen molar-refractivity contribution < 1.29 is 27.4 Å². The van der Waals surface area contributed by atoms with Gasteiger partial charge in [0.2, 0.25) is 5.91 Å². The highest BCUT2D eigenvalue weighted by Gasteiger charge is 2.31. The third-order valence-corrected chi connectivity index (χ3v) is 3.58. The zero-order valence-corrected chi connectivity index (χ0v) is 13.8. The molecule has 2 aromatic carbocycles. The van der Waals surface area contributed by atoms with Crippen LogP contribution in [0.1, 0.15) is 11.1 Å². The number of alkyl halides is 3. The van der Waals surface area contributed by atoms with Gasteiger partial charge < -0.3 is 14.8 Å². The maximum absolute atomic E-state index is 13.0. The monoisotopic (exact) mass is 353 g/mol. The van der Waals surface area contributed by atoms with E-state index in [1.54, 1.807) is 24.3 Å². The number of carbonyl (C=O) groups is 1. The van der Waals surface area contributed by atoms with Gasteiger partial charge in [-0.15, -0.1) is 0 Å². The normalized spacial score (nSPS) is 11.2. The van der Waals surface area contributed by atoms with Gasteiger partial charge in [0, 0.05) is 19.2 Å². The number of halogens is 3. The van der Waals surface area contributed by atoms with E-state index in [2.05, 4.69) is 5.32 Å². The van der Waals surface area contributed by atoms with Crippen LogP contribution in [0.25, 0.3) is 11.1 Å². The summed E-state index contributed by atoms with van der Waals surface area (Å²) in [6, 6.07) is 10.5. The number of ether oxygens (including phenoxy) is 2. The molecule has 25 heavy (non-hydrogen) atoms. The highest BCUT2D eigenvalue weighted by Crippen LogP contribution is 2.36. The van der Waals surface area contributed by atoms with E-state index in [-0.39, 0.29) is 13.2 Å². The first-order chi connectivity index (χ1) is 11.9. The summed E-state index contributed by atoms with van der Waals surface area (Å²) in [7, 11) is 2.85. The number of methoxy groups -OCH3 is 2. The smallest absolute Gasteiger partial charge is 0.416 e. The lowest BCUT2D eigenvalue weighted by atomic mass is 9.96. The molecule has 2 rings (SSSR count). The molecule has 0 radical (unpaired) electrons. The number of hydrogen-bond donors (Lipinski definition) is 1. The van der Waals surface area contributed by atoms with Crippen LogP contribution in [0.15, 0.2) is 42.5 Å². The summed E-state index contributed by atoms with van der Waals surface area (Å²) >= 11 is 0. The van der Waals surface area contributed by atoms with E-state index in [0.717, 1.165) is 12.1 Å². The molecule has 1 N–H and O–H groups in total. The first kappa shape index (κ1) is 18.8. The summed E-state index contributed by atoms with van der Waals surface area (Å²) in [4.78, 5) is 11.6. The second-order valence-electron chi connectivity index (χ2n) is 5.28. The molecule has 134 valence electrons. The van der Waals surface area contributed by atoms with Gasteiger partial charge in [0.05, 0.1) is 12.7 Å². The maximum atomic E-state index is 13.0. The molecule has 7 heteroatoms. The second kappa shape index (κ2) is 8.02. The average Bonchev–Trinajstić information content (AvgIpc) is 2.59. The molecule has 0 aliphatic rings. The summed E-state index contributed by atoms with van der Waals surface area (Å²) < 4.78 is 49.1. The highest BCUT2D eigenvalue weighted by atomic mass is 19.4. The first-order valence-electron chi connectivity index (χ1n) is 7.46. The van der Waals surface area contributed by atoms with Gasteiger partial charge in [-0.1, -0.05) is 24.3 Å². The number of rotatable bonds is 6. The third kappa shape index (κ3) is 4.73. The number of amides is 1. The van der Waals surface area contributed by atoms with Crippen LogP contribution in [-0.2, 0) is 22.3 Å². The summed E-state index contributed by atoms with van der Waals surface area (Å²) in [5.41, 5.74) is 0.767. The van der Waals surface area contributed by atoms with Crippen molar-refractivity contribution in [3.63, 3.8) is 0 Å². The molecule has 0 atom stereocenters. The molecular formula is C18H18F3NO3. The average molecular weight is 353 g/mol. The molecule has 1 amide bonds. The summed E-state index contributed by atoms with van der Waals surface area (Å²) in [5.74, 6) is 0.123.